The quantitative estimate of drug-likeness (QED) is 0.877. The maximum atomic E-state index is 11.9. The molecule has 0 atom stereocenters. The van der Waals surface area contributed by atoms with Crippen molar-refractivity contribution >= 4 is 23.2 Å². The van der Waals surface area contributed by atoms with E-state index in [1.165, 1.54) is 16.9 Å². The number of ether oxygens (including phenoxy) is 2. The lowest BCUT2D eigenvalue weighted by atomic mass is 9.91. The van der Waals surface area contributed by atoms with Crippen molar-refractivity contribution in [2.45, 2.75) is 12.8 Å². The normalized spacial score (nSPS) is 12.2. The monoisotopic (exact) mass is 317 g/mol. The Bertz CT molecular complexity index is 751. The van der Waals surface area contributed by atoms with Crippen molar-refractivity contribution in [2.75, 3.05) is 13.7 Å². The summed E-state index contributed by atoms with van der Waals surface area (Å²) in [5.41, 5.74) is 8.45. The number of benzene rings is 1. The smallest absolute Gasteiger partial charge is 0.348 e. The van der Waals surface area contributed by atoms with Gasteiger partial charge in [0.25, 0.3) is 5.91 Å². The molecule has 1 aliphatic carbocycles. The molecule has 0 radical (unpaired) electrons. The first kappa shape index (κ1) is 14.6. The first-order chi connectivity index (χ1) is 10.6. The molecule has 22 heavy (non-hydrogen) atoms. The maximum absolute atomic E-state index is 11.9. The van der Waals surface area contributed by atoms with Gasteiger partial charge in [0.05, 0.1) is 7.11 Å². The molecule has 1 amide bonds. The van der Waals surface area contributed by atoms with Crippen molar-refractivity contribution in [1.82, 2.24) is 0 Å². The fraction of sp³-hybridized carbons (Fsp3) is 0.250. The first-order valence-electron chi connectivity index (χ1n) is 6.84. The maximum Gasteiger partial charge on any atom is 0.348 e. The summed E-state index contributed by atoms with van der Waals surface area (Å²) >= 11 is 1.38. The molecule has 1 heterocycles. The molecule has 1 aromatic heterocycles. The lowest BCUT2D eigenvalue weighted by Gasteiger charge is -2.16. The Kier molecular flexibility index (Phi) is 3.85. The highest BCUT2D eigenvalue weighted by atomic mass is 32.1. The lowest BCUT2D eigenvalue weighted by Crippen LogP contribution is -2.20. The van der Waals surface area contributed by atoms with Crippen LogP contribution in [-0.2, 0) is 22.4 Å². The van der Waals surface area contributed by atoms with Crippen LogP contribution < -0.4 is 10.5 Å². The van der Waals surface area contributed by atoms with E-state index in [1.807, 2.05) is 24.3 Å². The summed E-state index contributed by atoms with van der Waals surface area (Å²) in [7, 11) is 1.65. The number of carbonyl (C=O) groups excluding carboxylic acids is 2. The molecule has 0 saturated carbocycles. The molecule has 6 heteroatoms. The number of thiophene rings is 1. The van der Waals surface area contributed by atoms with Crippen molar-refractivity contribution in [3.05, 3.63) is 40.3 Å². The Labute approximate surface area is 131 Å². The number of aryl methyl sites for hydroxylation is 2. The van der Waals surface area contributed by atoms with Crippen LogP contribution in [-0.4, -0.2) is 25.6 Å². The van der Waals surface area contributed by atoms with E-state index in [2.05, 4.69) is 0 Å². The minimum absolute atomic E-state index is 0.394. The largest absolute Gasteiger partial charge is 0.497 e. The van der Waals surface area contributed by atoms with Crippen LogP contribution >= 0.6 is 11.3 Å². The molecule has 0 aliphatic heterocycles. The summed E-state index contributed by atoms with van der Waals surface area (Å²) < 4.78 is 10.1. The molecular formula is C16H15NO4S. The van der Waals surface area contributed by atoms with Gasteiger partial charge >= 0.3 is 5.97 Å². The van der Waals surface area contributed by atoms with Crippen molar-refractivity contribution in [3.8, 4) is 16.2 Å². The van der Waals surface area contributed by atoms with Crippen LogP contribution in [0.3, 0.4) is 0 Å². The number of methoxy groups -OCH3 is 1. The van der Waals surface area contributed by atoms with Crippen LogP contribution in [0, 0.1) is 0 Å². The highest BCUT2D eigenvalue weighted by molar-refractivity contribution is 7.17. The second-order valence-corrected chi connectivity index (χ2v) is 6.08. The average molecular weight is 317 g/mol. The van der Waals surface area contributed by atoms with Crippen molar-refractivity contribution in [2.24, 2.45) is 5.73 Å². The highest BCUT2D eigenvalue weighted by Crippen LogP contribution is 2.40. The lowest BCUT2D eigenvalue weighted by molar-refractivity contribution is -0.121. The van der Waals surface area contributed by atoms with E-state index in [4.69, 9.17) is 15.2 Å². The summed E-state index contributed by atoms with van der Waals surface area (Å²) in [6, 6.07) is 7.81. The van der Waals surface area contributed by atoms with Crippen LogP contribution in [0.15, 0.2) is 24.3 Å². The van der Waals surface area contributed by atoms with Gasteiger partial charge in [-0.1, -0.05) is 0 Å². The van der Waals surface area contributed by atoms with Gasteiger partial charge in [-0.15, -0.1) is 11.3 Å². The number of rotatable bonds is 4. The minimum Gasteiger partial charge on any atom is -0.497 e. The Morgan fingerprint density at radius 3 is 2.73 bits per heavy atom. The molecule has 0 saturated heterocycles. The van der Waals surface area contributed by atoms with Crippen LogP contribution in [0.5, 0.6) is 5.75 Å². The average Bonchev–Trinajstić information content (AvgIpc) is 2.96. The van der Waals surface area contributed by atoms with Crippen LogP contribution in [0.4, 0.5) is 0 Å². The van der Waals surface area contributed by atoms with Gasteiger partial charge in [0.15, 0.2) is 6.61 Å². The molecular weight excluding hydrogens is 302 g/mol. The third kappa shape index (κ3) is 2.69. The molecule has 3 rings (SSSR count). The summed E-state index contributed by atoms with van der Waals surface area (Å²) in [6.45, 7) is -0.394. The zero-order valence-electron chi connectivity index (χ0n) is 12.0. The second kappa shape index (κ2) is 5.81. The standard InChI is InChI=1S/C16H15NO4S/c1-20-11-4-5-12-9(6-11)2-3-10-7-13(22-15(10)12)16(19)21-8-14(17)18/h4-7H,2-3,8H2,1H3,(H2,17,18). The number of nitrogens with two attached hydrogens (primary N) is 1. The highest BCUT2D eigenvalue weighted by Gasteiger charge is 2.22. The number of carbonyl (C=O) groups is 2. The van der Waals surface area contributed by atoms with Crippen molar-refractivity contribution < 1.29 is 19.1 Å². The van der Waals surface area contributed by atoms with Gasteiger partial charge < -0.3 is 15.2 Å². The molecule has 0 bridgehead atoms. The van der Waals surface area contributed by atoms with Crippen LogP contribution in [0.1, 0.15) is 20.8 Å². The number of hydrogen-bond donors (Lipinski definition) is 1. The fourth-order valence-electron chi connectivity index (χ4n) is 2.55. The zero-order chi connectivity index (χ0) is 15.7. The van der Waals surface area contributed by atoms with Crippen LogP contribution in [0.25, 0.3) is 10.4 Å². The van der Waals surface area contributed by atoms with E-state index in [9.17, 15) is 9.59 Å². The Hall–Kier alpha value is -2.34. The zero-order valence-corrected chi connectivity index (χ0v) is 12.9. The molecule has 114 valence electrons. The van der Waals surface area contributed by atoms with Gasteiger partial charge in [-0.3, -0.25) is 4.79 Å². The van der Waals surface area contributed by atoms with Gasteiger partial charge in [0.2, 0.25) is 0 Å². The number of esters is 1. The molecule has 1 aliphatic rings. The molecule has 1 aromatic carbocycles. The van der Waals surface area contributed by atoms with E-state index >= 15 is 0 Å². The Morgan fingerprint density at radius 1 is 1.23 bits per heavy atom. The van der Waals surface area contributed by atoms with E-state index in [-0.39, 0.29) is 0 Å². The van der Waals surface area contributed by atoms with Crippen molar-refractivity contribution in [3.63, 3.8) is 0 Å². The predicted molar refractivity (Wildman–Crippen MR) is 83.2 cm³/mol. The van der Waals surface area contributed by atoms with Gasteiger partial charge in [-0.05, 0) is 53.8 Å². The molecule has 0 unspecified atom stereocenters. The van der Waals surface area contributed by atoms with Gasteiger partial charge in [-0.2, -0.15) is 0 Å². The predicted octanol–water partition coefficient (Wildman–Crippen LogP) is 2.16. The number of hydrogen-bond acceptors (Lipinski definition) is 5. The van der Waals surface area contributed by atoms with Crippen molar-refractivity contribution in [1.29, 1.82) is 0 Å². The summed E-state index contributed by atoms with van der Waals surface area (Å²) in [5, 5.41) is 0. The third-order valence-corrected chi connectivity index (χ3v) is 4.77. The fourth-order valence-corrected chi connectivity index (χ4v) is 3.71. The molecule has 5 nitrogen and oxygen atoms in total. The van der Waals surface area contributed by atoms with E-state index in [0.717, 1.165) is 34.6 Å². The van der Waals surface area contributed by atoms with E-state index < -0.39 is 18.5 Å². The second-order valence-electron chi connectivity index (χ2n) is 5.03. The van der Waals surface area contributed by atoms with Gasteiger partial charge in [0, 0.05) is 4.88 Å². The van der Waals surface area contributed by atoms with Gasteiger partial charge in [-0.25, -0.2) is 4.79 Å². The SMILES string of the molecule is COc1ccc2c(c1)CCc1cc(C(=O)OCC(N)=O)sc1-2. The topological polar surface area (TPSA) is 78.6 Å². The summed E-state index contributed by atoms with van der Waals surface area (Å²) in [6.07, 6.45) is 1.78. The third-order valence-electron chi connectivity index (χ3n) is 3.58. The first-order valence-corrected chi connectivity index (χ1v) is 7.65. The minimum atomic E-state index is -0.660. The van der Waals surface area contributed by atoms with E-state index in [0.29, 0.717) is 4.88 Å². The number of amides is 1. The molecule has 2 aromatic rings. The molecule has 2 N–H and O–H groups in total. The molecule has 0 fully saturated rings. The summed E-state index contributed by atoms with van der Waals surface area (Å²) in [4.78, 5) is 24.2. The van der Waals surface area contributed by atoms with E-state index in [1.54, 1.807) is 7.11 Å². The van der Waals surface area contributed by atoms with Crippen LogP contribution in [0.2, 0.25) is 0 Å². The Balaban J connectivity index is 1.90. The summed E-state index contributed by atoms with van der Waals surface area (Å²) in [5.74, 6) is -0.333. The molecule has 0 spiro atoms. The number of primary amides is 1. The number of fused-ring (bicyclic) bond motifs is 3. The Morgan fingerprint density at radius 2 is 2.00 bits per heavy atom. The van der Waals surface area contributed by atoms with Gasteiger partial charge in [0.1, 0.15) is 10.6 Å².